The molecule has 4 rings (SSSR count). The number of amides is 2. The number of primary amides is 1. The van der Waals surface area contributed by atoms with E-state index in [4.69, 9.17) is 5.73 Å². The number of halogens is 3. The van der Waals surface area contributed by atoms with Crippen LogP contribution in [0.3, 0.4) is 0 Å². The van der Waals surface area contributed by atoms with Gasteiger partial charge in [-0.1, -0.05) is 24.3 Å². The van der Waals surface area contributed by atoms with Crippen LogP contribution in [-0.4, -0.2) is 58.5 Å². The largest absolute Gasteiger partial charge is 0.416 e. The van der Waals surface area contributed by atoms with Crippen LogP contribution in [0.1, 0.15) is 58.6 Å². The van der Waals surface area contributed by atoms with Crippen molar-refractivity contribution in [2.45, 2.75) is 56.4 Å². The molecule has 2 heterocycles. The Morgan fingerprint density at radius 3 is 2.29 bits per heavy atom. The zero-order valence-corrected chi connectivity index (χ0v) is 19.4. The first-order chi connectivity index (χ1) is 16.7. The Labute approximate surface area is 202 Å². The van der Waals surface area contributed by atoms with Gasteiger partial charge in [-0.2, -0.15) is 13.2 Å². The molecule has 188 valence electrons. The average Bonchev–Trinajstić information content (AvgIpc) is 3.07. The fourth-order valence-corrected chi connectivity index (χ4v) is 5.50. The second kappa shape index (κ2) is 10.4. The average molecular weight is 490 g/mol. The number of aliphatic hydroxyl groups is 1. The molecule has 3 atom stereocenters. The number of rotatable bonds is 8. The molecule has 6 nitrogen and oxygen atoms in total. The fourth-order valence-electron chi connectivity index (χ4n) is 5.50. The van der Waals surface area contributed by atoms with Gasteiger partial charge in [-0.15, -0.1) is 0 Å². The highest BCUT2D eigenvalue weighted by Gasteiger charge is 2.41. The van der Waals surface area contributed by atoms with Crippen molar-refractivity contribution in [1.29, 1.82) is 0 Å². The lowest BCUT2D eigenvalue weighted by molar-refractivity contribution is -0.138. The third-order valence-corrected chi connectivity index (χ3v) is 7.30. The predicted molar refractivity (Wildman–Crippen MR) is 124 cm³/mol. The van der Waals surface area contributed by atoms with Gasteiger partial charge >= 0.3 is 6.18 Å². The van der Waals surface area contributed by atoms with Crippen LogP contribution in [0.15, 0.2) is 48.5 Å². The molecule has 2 saturated heterocycles. The number of piperidine rings is 1. The van der Waals surface area contributed by atoms with Crippen molar-refractivity contribution in [2.75, 3.05) is 19.7 Å². The Hall–Kier alpha value is -2.91. The highest BCUT2D eigenvalue weighted by molar-refractivity contribution is 5.92. The third-order valence-electron chi connectivity index (χ3n) is 7.30. The summed E-state index contributed by atoms with van der Waals surface area (Å²) in [5.74, 6) is -0.547. The van der Waals surface area contributed by atoms with Crippen LogP contribution in [0.2, 0.25) is 0 Å². The zero-order valence-electron chi connectivity index (χ0n) is 19.4. The topological polar surface area (TPSA) is 86.9 Å². The number of fused-ring (bicyclic) bond motifs is 2. The maximum Gasteiger partial charge on any atom is 0.416 e. The lowest BCUT2D eigenvalue weighted by Crippen LogP contribution is -2.47. The number of nitrogens with zero attached hydrogens (tertiary/aromatic N) is 2. The molecular formula is C26H30F3N3O3. The van der Waals surface area contributed by atoms with Crippen molar-refractivity contribution in [1.82, 2.24) is 9.80 Å². The summed E-state index contributed by atoms with van der Waals surface area (Å²) in [5, 5.41) is 9.42. The van der Waals surface area contributed by atoms with Crippen LogP contribution in [0.4, 0.5) is 13.2 Å². The quantitative estimate of drug-likeness (QED) is 0.594. The third kappa shape index (κ3) is 5.85. The Morgan fingerprint density at radius 2 is 1.71 bits per heavy atom. The van der Waals surface area contributed by atoms with Crippen LogP contribution in [0, 0.1) is 0 Å². The van der Waals surface area contributed by atoms with E-state index in [2.05, 4.69) is 4.90 Å². The van der Waals surface area contributed by atoms with Gasteiger partial charge < -0.3 is 15.7 Å². The van der Waals surface area contributed by atoms with Crippen LogP contribution in [0.25, 0.3) is 0 Å². The molecule has 2 aromatic carbocycles. The molecule has 0 aromatic heterocycles. The van der Waals surface area contributed by atoms with E-state index in [1.165, 1.54) is 17.0 Å². The fraction of sp³-hybridized carbons (Fsp3) is 0.462. The Bertz CT molecular complexity index is 1040. The first-order valence-corrected chi connectivity index (χ1v) is 11.9. The van der Waals surface area contributed by atoms with E-state index >= 15 is 0 Å². The molecule has 2 aliphatic rings. The van der Waals surface area contributed by atoms with E-state index < -0.39 is 30.2 Å². The number of hydrogen-bond acceptors (Lipinski definition) is 4. The molecule has 0 radical (unpaired) electrons. The highest BCUT2D eigenvalue weighted by atomic mass is 19.4. The molecule has 0 spiro atoms. The lowest BCUT2D eigenvalue weighted by Gasteiger charge is -2.40. The van der Waals surface area contributed by atoms with Gasteiger partial charge in [0.2, 0.25) is 11.8 Å². The second-order valence-corrected chi connectivity index (χ2v) is 9.45. The standard InChI is InChI=1S/C26H30F3N3O3/c27-26(28,29)21-6-4-17(5-7-21)15-31(24(34)16-33)10-11-32-22-8-9-23(32)14-20(13-22)18-2-1-3-19(12-18)25(30)35/h1-7,12,20,22-23,33H,8-11,13-16H2,(H2,30,35)/t20-,22+,23-. The van der Waals surface area contributed by atoms with Gasteiger partial charge in [0.25, 0.3) is 0 Å². The van der Waals surface area contributed by atoms with Crippen LogP contribution in [-0.2, 0) is 17.5 Å². The monoisotopic (exact) mass is 489 g/mol. The van der Waals surface area contributed by atoms with Crippen molar-refractivity contribution < 1.29 is 27.9 Å². The van der Waals surface area contributed by atoms with Crippen molar-refractivity contribution in [3.63, 3.8) is 0 Å². The summed E-state index contributed by atoms with van der Waals surface area (Å²) in [6.45, 7) is 0.514. The number of benzene rings is 2. The molecule has 0 saturated carbocycles. The summed E-state index contributed by atoms with van der Waals surface area (Å²) in [7, 11) is 0. The first-order valence-electron chi connectivity index (χ1n) is 11.9. The normalized spacial score (nSPS) is 22.2. The summed E-state index contributed by atoms with van der Waals surface area (Å²) in [6, 6.07) is 13.0. The first kappa shape index (κ1) is 25.2. The molecule has 2 aromatic rings. The summed E-state index contributed by atoms with van der Waals surface area (Å²) < 4.78 is 38.5. The molecule has 0 unspecified atom stereocenters. The predicted octanol–water partition coefficient (Wildman–Crippen LogP) is 3.54. The van der Waals surface area contributed by atoms with E-state index in [9.17, 15) is 27.9 Å². The minimum Gasteiger partial charge on any atom is -0.387 e. The van der Waals surface area contributed by atoms with E-state index in [0.29, 0.717) is 42.2 Å². The molecular weight excluding hydrogens is 459 g/mol. The van der Waals surface area contributed by atoms with E-state index in [0.717, 1.165) is 43.4 Å². The van der Waals surface area contributed by atoms with Gasteiger partial charge in [-0.05, 0) is 67.0 Å². The lowest BCUT2D eigenvalue weighted by atomic mass is 9.84. The minimum atomic E-state index is -4.41. The minimum absolute atomic E-state index is 0.142. The number of alkyl halides is 3. The maximum atomic E-state index is 12.8. The Balaban J connectivity index is 1.39. The van der Waals surface area contributed by atoms with Crippen molar-refractivity contribution in [3.05, 3.63) is 70.8 Å². The second-order valence-electron chi connectivity index (χ2n) is 9.45. The van der Waals surface area contributed by atoms with Crippen LogP contribution < -0.4 is 5.73 Å². The molecule has 2 amide bonds. The van der Waals surface area contributed by atoms with Crippen molar-refractivity contribution in [3.8, 4) is 0 Å². The molecule has 2 fully saturated rings. The Kier molecular flexibility index (Phi) is 7.47. The van der Waals surface area contributed by atoms with Gasteiger partial charge in [0.05, 0.1) is 5.56 Å². The smallest absolute Gasteiger partial charge is 0.387 e. The number of nitrogens with two attached hydrogens (primary N) is 1. The number of carbonyl (C=O) groups excluding carboxylic acids is 2. The molecule has 2 aliphatic heterocycles. The van der Waals surface area contributed by atoms with Gasteiger partial charge in [-0.3, -0.25) is 14.5 Å². The summed E-state index contributed by atoms with van der Waals surface area (Å²) in [6.07, 6.45) is -0.393. The van der Waals surface area contributed by atoms with Gasteiger partial charge in [0.1, 0.15) is 6.61 Å². The highest BCUT2D eigenvalue weighted by Crippen LogP contribution is 2.43. The molecule has 35 heavy (non-hydrogen) atoms. The maximum absolute atomic E-state index is 12.8. The Morgan fingerprint density at radius 1 is 1.06 bits per heavy atom. The van der Waals surface area contributed by atoms with Crippen molar-refractivity contribution in [2.24, 2.45) is 5.73 Å². The molecule has 9 heteroatoms. The zero-order chi connectivity index (χ0) is 25.2. The van der Waals surface area contributed by atoms with Crippen molar-refractivity contribution >= 4 is 11.8 Å². The number of aliphatic hydroxyl groups excluding tert-OH is 1. The number of carbonyl (C=O) groups is 2. The molecule has 0 aliphatic carbocycles. The number of hydrogen-bond donors (Lipinski definition) is 2. The van der Waals surface area contributed by atoms with E-state index in [-0.39, 0.29) is 6.54 Å². The van der Waals surface area contributed by atoms with Gasteiger partial charge in [0.15, 0.2) is 0 Å². The van der Waals surface area contributed by atoms with Gasteiger partial charge in [0, 0.05) is 37.3 Å². The summed E-state index contributed by atoms with van der Waals surface area (Å²) in [5.41, 5.74) is 6.92. The van der Waals surface area contributed by atoms with Gasteiger partial charge in [-0.25, -0.2) is 0 Å². The van der Waals surface area contributed by atoms with E-state index in [1.807, 2.05) is 18.2 Å². The SMILES string of the molecule is NC(=O)c1cccc([C@H]2C[C@H]3CC[C@@H](C2)N3CCN(Cc2ccc(C(F)(F)F)cc2)C(=O)CO)c1. The van der Waals surface area contributed by atoms with Crippen LogP contribution >= 0.6 is 0 Å². The molecule has 2 bridgehead atoms. The summed E-state index contributed by atoms with van der Waals surface area (Å²) >= 11 is 0. The summed E-state index contributed by atoms with van der Waals surface area (Å²) in [4.78, 5) is 27.8. The van der Waals surface area contributed by atoms with Crippen LogP contribution in [0.5, 0.6) is 0 Å². The molecule has 3 N–H and O–H groups in total. The van der Waals surface area contributed by atoms with E-state index in [1.54, 1.807) is 6.07 Å².